The Kier molecular flexibility index (Phi) is 4.27. The molecule has 110 valence electrons. The predicted octanol–water partition coefficient (Wildman–Crippen LogP) is 5.01. The van der Waals surface area contributed by atoms with Crippen LogP contribution in [0.4, 0.5) is 11.4 Å². The van der Waals surface area contributed by atoms with Gasteiger partial charge in [-0.2, -0.15) is 0 Å². The second-order valence-corrected chi connectivity index (χ2v) is 6.60. The van der Waals surface area contributed by atoms with E-state index in [2.05, 4.69) is 21.2 Å². The van der Waals surface area contributed by atoms with E-state index < -0.39 is 0 Å². The number of hydrogen-bond acceptors (Lipinski definition) is 3. The number of halogens is 1. The van der Waals surface area contributed by atoms with Gasteiger partial charge in [-0.05, 0) is 53.4 Å². The van der Waals surface area contributed by atoms with Gasteiger partial charge in [0.25, 0.3) is 5.91 Å². The minimum atomic E-state index is -0.178. The highest BCUT2D eigenvalue weighted by Crippen LogP contribution is 2.30. The van der Waals surface area contributed by atoms with Gasteiger partial charge < -0.3 is 11.1 Å². The van der Waals surface area contributed by atoms with Crippen LogP contribution in [0.5, 0.6) is 0 Å². The molecule has 0 aliphatic rings. The Morgan fingerprint density at radius 3 is 2.55 bits per heavy atom. The number of carbonyl (C=O) groups excluding carboxylic acids is 1. The Bertz CT molecular complexity index is 798. The molecule has 0 atom stereocenters. The number of nitrogen functional groups attached to an aromatic ring is 1. The first-order valence-corrected chi connectivity index (χ1v) is 8.31. The van der Waals surface area contributed by atoms with E-state index >= 15 is 0 Å². The number of nitrogens with one attached hydrogen (secondary N) is 1. The van der Waals surface area contributed by atoms with Crippen LogP contribution in [-0.2, 0) is 0 Å². The molecule has 3 rings (SSSR count). The van der Waals surface area contributed by atoms with Gasteiger partial charge in [0.2, 0.25) is 0 Å². The summed E-state index contributed by atoms with van der Waals surface area (Å²) in [7, 11) is 0. The molecule has 0 aliphatic carbocycles. The zero-order chi connectivity index (χ0) is 15.5. The molecule has 0 fully saturated rings. The second-order valence-electron chi connectivity index (χ2n) is 4.74. The molecule has 1 aromatic heterocycles. The quantitative estimate of drug-likeness (QED) is 0.634. The maximum Gasteiger partial charge on any atom is 0.255 e. The Hall–Kier alpha value is -2.11. The molecule has 3 aromatic rings. The lowest BCUT2D eigenvalue weighted by atomic mass is 10.1. The van der Waals surface area contributed by atoms with Crippen molar-refractivity contribution in [3.8, 4) is 10.4 Å². The van der Waals surface area contributed by atoms with E-state index in [9.17, 15) is 4.79 Å². The highest BCUT2D eigenvalue weighted by molar-refractivity contribution is 9.10. The van der Waals surface area contributed by atoms with E-state index in [1.54, 1.807) is 23.5 Å². The molecule has 1 heterocycles. The van der Waals surface area contributed by atoms with Gasteiger partial charge in [0.1, 0.15) is 0 Å². The predicted molar refractivity (Wildman–Crippen MR) is 96.3 cm³/mol. The minimum absolute atomic E-state index is 0.178. The third-order valence-electron chi connectivity index (χ3n) is 3.21. The molecule has 3 nitrogen and oxygen atoms in total. The summed E-state index contributed by atoms with van der Waals surface area (Å²) in [6.07, 6.45) is 0. The first-order valence-electron chi connectivity index (χ1n) is 6.64. The number of anilines is 2. The fourth-order valence-electron chi connectivity index (χ4n) is 2.06. The summed E-state index contributed by atoms with van der Waals surface area (Å²) in [5.41, 5.74) is 8.77. The number of benzene rings is 2. The van der Waals surface area contributed by atoms with Crippen LogP contribution in [0.25, 0.3) is 10.4 Å². The molecule has 0 spiro atoms. The van der Waals surface area contributed by atoms with Crippen molar-refractivity contribution in [2.24, 2.45) is 0 Å². The summed E-state index contributed by atoms with van der Waals surface area (Å²) in [4.78, 5) is 13.4. The summed E-state index contributed by atoms with van der Waals surface area (Å²) in [5, 5.41) is 4.89. The van der Waals surface area contributed by atoms with Crippen molar-refractivity contribution in [2.45, 2.75) is 0 Å². The monoisotopic (exact) mass is 372 g/mol. The Balaban J connectivity index is 1.87. The average molecular weight is 373 g/mol. The number of amides is 1. The van der Waals surface area contributed by atoms with Crippen molar-refractivity contribution in [1.29, 1.82) is 0 Å². The van der Waals surface area contributed by atoms with Crippen LogP contribution in [0.1, 0.15) is 10.4 Å². The van der Waals surface area contributed by atoms with Gasteiger partial charge in [0.05, 0.1) is 11.4 Å². The highest BCUT2D eigenvalue weighted by atomic mass is 79.9. The first-order chi connectivity index (χ1) is 10.6. The molecular formula is C17H13BrN2OS. The van der Waals surface area contributed by atoms with Crippen LogP contribution >= 0.6 is 27.3 Å². The van der Waals surface area contributed by atoms with E-state index in [0.29, 0.717) is 16.9 Å². The molecule has 0 saturated carbocycles. The smallest absolute Gasteiger partial charge is 0.255 e. The van der Waals surface area contributed by atoms with E-state index in [-0.39, 0.29) is 5.91 Å². The van der Waals surface area contributed by atoms with Crippen LogP contribution in [0.2, 0.25) is 0 Å². The Labute approximate surface area is 140 Å². The highest BCUT2D eigenvalue weighted by Gasteiger charge is 2.09. The first kappa shape index (κ1) is 14.8. The van der Waals surface area contributed by atoms with Crippen LogP contribution in [0.15, 0.2) is 64.5 Å². The van der Waals surface area contributed by atoms with Crippen molar-refractivity contribution in [2.75, 3.05) is 11.1 Å². The molecule has 2 aromatic carbocycles. The minimum Gasteiger partial charge on any atom is -0.397 e. The zero-order valence-corrected chi connectivity index (χ0v) is 13.9. The Morgan fingerprint density at radius 2 is 1.86 bits per heavy atom. The largest absolute Gasteiger partial charge is 0.397 e. The molecule has 0 radical (unpaired) electrons. The lowest BCUT2D eigenvalue weighted by molar-refractivity contribution is 0.102. The average Bonchev–Trinajstić information content (AvgIpc) is 3.04. The van der Waals surface area contributed by atoms with Crippen LogP contribution in [0.3, 0.4) is 0 Å². The molecule has 0 bridgehead atoms. The van der Waals surface area contributed by atoms with Gasteiger partial charge in [0.15, 0.2) is 0 Å². The lowest BCUT2D eigenvalue weighted by Gasteiger charge is -2.10. The lowest BCUT2D eigenvalue weighted by Crippen LogP contribution is -2.13. The molecular weight excluding hydrogens is 360 g/mol. The third kappa shape index (κ3) is 3.21. The number of thiophene rings is 1. The summed E-state index contributed by atoms with van der Waals surface area (Å²) in [6.45, 7) is 0. The van der Waals surface area contributed by atoms with Gasteiger partial charge >= 0.3 is 0 Å². The molecule has 3 N–H and O–H groups in total. The summed E-state index contributed by atoms with van der Waals surface area (Å²) in [5.74, 6) is -0.178. The van der Waals surface area contributed by atoms with Gasteiger partial charge in [-0.15, -0.1) is 11.3 Å². The van der Waals surface area contributed by atoms with Gasteiger partial charge in [0, 0.05) is 14.9 Å². The van der Waals surface area contributed by atoms with Crippen LogP contribution in [0, 0.1) is 0 Å². The maximum absolute atomic E-state index is 12.3. The van der Waals surface area contributed by atoms with Gasteiger partial charge in [-0.25, -0.2) is 0 Å². The topological polar surface area (TPSA) is 55.1 Å². The summed E-state index contributed by atoms with van der Waals surface area (Å²) >= 11 is 5.00. The van der Waals surface area contributed by atoms with Crippen molar-refractivity contribution < 1.29 is 4.79 Å². The molecule has 1 amide bonds. The van der Waals surface area contributed by atoms with E-state index in [1.165, 1.54) is 0 Å². The summed E-state index contributed by atoms with van der Waals surface area (Å²) in [6, 6.07) is 16.9. The fourth-order valence-corrected chi connectivity index (χ4v) is 3.04. The number of hydrogen-bond donors (Lipinski definition) is 2. The molecule has 0 aliphatic heterocycles. The van der Waals surface area contributed by atoms with Crippen molar-refractivity contribution in [3.63, 3.8) is 0 Å². The third-order valence-corrected chi connectivity index (χ3v) is 4.66. The second kappa shape index (κ2) is 6.34. The number of nitrogens with two attached hydrogens (primary N) is 1. The van der Waals surface area contributed by atoms with E-state index in [1.807, 2.05) is 47.8 Å². The van der Waals surface area contributed by atoms with Crippen LogP contribution in [-0.4, -0.2) is 5.91 Å². The van der Waals surface area contributed by atoms with E-state index in [4.69, 9.17) is 5.73 Å². The van der Waals surface area contributed by atoms with Crippen molar-refractivity contribution >= 4 is 44.5 Å². The standard InChI is InChI=1S/C17H13BrN2OS/c18-13-6-3-11(4-7-13)17(21)20-15-10-12(5-8-14(15)19)16-2-1-9-22-16/h1-10H,19H2,(H,20,21). The van der Waals surface area contributed by atoms with Crippen molar-refractivity contribution in [3.05, 3.63) is 70.0 Å². The SMILES string of the molecule is Nc1ccc(-c2cccs2)cc1NC(=O)c1ccc(Br)cc1. The van der Waals surface area contributed by atoms with Gasteiger partial charge in [-0.3, -0.25) is 4.79 Å². The Morgan fingerprint density at radius 1 is 1.09 bits per heavy atom. The fraction of sp³-hybridized carbons (Fsp3) is 0. The summed E-state index contributed by atoms with van der Waals surface area (Å²) < 4.78 is 0.934. The van der Waals surface area contributed by atoms with Crippen molar-refractivity contribution in [1.82, 2.24) is 0 Å². The zero-order valence-electron chi connectivity index (χ0n) is 11.5. The molecule has 0 saturated heterocycles. The van der Waals surface area contributed by atoms with Crippen LogP contribution < -0.4 is 11.1 Å². The van der Waals surface area contributed by atoms with Gasteiger partial charge in [-0.1, -0.05) is 28.1 Å². The molecule has 22 heavy (non-hydrogen) atoms. The molecule has 5 heteroatoms. The number of carbonyl (C=O) groups is 1. The maximum atomic E-state index is 12.3. The van der Waals surface area contributed by atoms with E-state index in [0.717, 1.165) is 14.9 Å². The molecule has 0 unspecified atom stereocenters. The number of rotatable bonds is 3. The normalized spacial score (nSPS) is 10.4.